The van der Waals surface area contributed by atoms with Crippen molar-refractivity contribution in [3.05, 3.63) is 130 Å². The van der Waals surface area contributed by atoms with Crippen molar-refractivity contribution in [1.29, 1.82) is 0 Å². The molecule has 0 aromatic heterocycles. The highest BCUT2D eigenvalue weighted by molar-refractivity contribution is 6.24. The number of unbranched alkanes of at least 4 members (excludes halogenated alkanes) is 1. The summed E-state index contributed by atoms with van der Waals surface area (Å²) in [5.41, 5.74) is 8.28. The summed E-state index contributed by atoms with van der Waals surface area (Å²) in [6.07, 6.45) is 5.14. The Balaban J connectivity index is 1.65. The largest absolute Gasteiger partial charge is 0.439 e. The number of allylic oxidation sites excluding steroid dienone is 4. The van der Waals surface area contributed by atoms with E-state index < -0.39 is 59.8 Å². The van der Waals surface area contributed by atoms with E-state index >= 15 is 0 Å². The molecule has 13 heteroatoms. The van der Waals surface area contributed by atoms with Gasteiger partial charge in [0.05, 0.1) is 23.6 Å². The Hall–Kier alpha value is -5.47. The third-order valence-electron chi connectivity index (χ3n) is 10.7. The fourth-order valence-corrected chi connectivity index (χ4v) is 7.36. The summed E-state index contributed by atoms with van der Waals surface area (Å²) in [4.78, 5) is 69.3. The van der Waals surface area contributed by atoms with Crippen LogP contribution < -0.4 is 16.4 Å². The molecule has 60 heavy (non-hydrogen) atoms. The zero-order chi connectivity index (χ0) is 43.9. The second-order valence-corrected chi connectivity index (χ2v) is 15.6. The van der Waals surface area contributed by atoms with Crippen molar-refractivity contribution in [2.24, 2.45) is 17.6 Å². The minimum Gasteiger partial charge on any atom is -0.439 e. The molecule has 0 radical (unpaired) electrons. The minimum absolute atomic E-state index is 0.0127. The van der Waals surface area contributed by atoms with E-state index in [1.54, 1.807) is 38.1 Å². The van der Waals surface area contributed by atoms with Crippen LogP contribution in [0.25, 0.3) is 0 Å². The molecule has 4 rings (SSSR count). The van der Waals surface area contributed by atoms with E-state index in [0.717, 1.165) is 37.6 Å². The van der Waals surface area contributed by atoms with E-state index in [2.05, 4.69) is 34.6 Å². The smallest absolute Gasteiger partial charge is 0.405 e. The van der Waals surface area contributed by atoms with Gasteiger partial charge in [-0.2, -0.15) is 0 Å². The van der Waals surface area contributed by atoms with Crippen molar-refractivity contribution in [1.82, 2.24) is 15.5 Å². The number of ether oxygens (including phenoxy) is 3. The number of aliphatic hydroxyl groups excluding tert-OH is 1. The number of benzene rings is 2. The molecule has 3 amide bonds. The summed E-state index contributed by atoms with van der Waals surface area (Å²) in [5, 5.41) is 16.8. The molecular formula is C47H60N4O9. The van der Waals surface area contributed by atoms with Crippen molar-refractivity contribution in [2.75, 3.05) is 20.8 Å². The Bertz CT molecular complexity index is 2000. The van der Waals surface area contributed by atoms with Gasteiger partial charge in [-0.1, -0.05) is 94.0 Å². The average molecular weight is 825 g/mol. The van der Waals surface area contributed by atoms with Crippen molar-refractivity contribution in [2.45, 2.75) is 97.8 Å². The van der Waals surface area contributed by atoms with Crippen LogP contribution in [0, 0.1) is 11.8 Å². The van der Waals surface area contributed by atoms with E-state index in [9.17, 15) is 29.1 Å². The first-order valence-corrected chi connectivity index (χ1v) is 20.4. The van der Waals surface area contributed by atoms with Gasteiger partial charge in [-0.3, -0.25) is 24.1 Å². The number of fused-ring (bicyclic) bond motifs is 2. The summed E-state index contributed by atoms with van der Waals surface area (Å²) in [5.74, 6) is -3.37. The lowest BCUT2D eigenvalue weighted by Gasteiger charge is -2.30. The number of carbonyl (C=O) groups is 5. The SMILES string of the molecule is CCCCN(Cc1ccccc1)Cc1ccc(C(=O)NC2=C3C[C@@H](C)C[C@H](OC)[C@H](O)[C@@H](C)/C=C(\C)[C@H](OC(N)=O)[C@@H](OC)/C=C\C=C(/C)C(=O)NC(=CC2=O)C3=O)cc1. The van der Waals surface area contributed by atoms with Crippen LogP contribution in [0.1, 0.15) is 81.8 Å². The molecule has 0 fully saturated rings. The van der Waals surface area contributed by atoms with Gasteiger partial charge in [-0.25, -0.2) is 4.79 Å². The van der Waals surface area contributed by atoms with Gasteiger partial charge >= 0.3 is 6.09 Å². The molecule has 6 atom stereocenters. The molecule has 322 valence electrons. The molecule has 1 aliphatic carbocycles. The highest BCUT2D eigenvalue weighted by Crippen LogP contribution is 2.29. The Labute approximate surface area is 353 Å². The lowest BCUT2D eigenvalue weighted by Crippen LogP contribution is -2.38. The summed E-state index contributed by atoms with van der Waals surface area (Å²) < 4.78 is 16.8. The van der Waals surface area contributed by atoms with Crippen LogP contribution in [0.3, 0.4) is 0 Å². The monoisotopic (exact) mass is 824 g/mol. The number of hydrogen-bond donors (Lipinski definition) is 4. The van der Waals surface area contributed by atoms with E-state index in [1.165, 1.54) is 38.9 Å². The number of nitrogens with two attached hydrogens (primary N) is 1. The molecule has 2 aromatic carbocycles. The summed E-state index contributed by atoms with van der Waals surface area (Å²) in [7, 11) is 2.89. The van der Waals surface area contributed by atoms with Crippen LogP contribution in [0.2, 0.25) is 0 Å². The number of rotatable bonds is 12. The molecule has 5 N–H and O–H groups in total. The maximum Gasteiger partial charge on any atom is 0.405 e. The molecule has 0 saturated heterocycles. The number of primary amides is 1. The molecule has 2 aliphatic rings. The Morgan fingerprint density at radius 1 is 0.967 bits per heavy atom. The number of amides is 3. The zero-order valence-electron chi connectivity index (χ0n) is 35.7. The number of hydrogen-bond acceptors (Lipinski definition) is 10. The topological polar surface area (TPSA) is 187 Å². The predicted octanol–water partition coefficient (Wildman–Crippen LogP) is 5.99. The van der Waals surface area contributed by atoms with Crippen LogP contribution in [-0.4, -0.2) is 84.7 Å². The number of methoxy groups -OCH3 is 2. The van der Waals surface area contributed by atoms with Gasteiger partial charge < -0.3 is 35.7 Å². The maximum absolute atomic E-state index is 14.2. The van der Waals surface area contributed by atoms with Crippen LogP contribution in [0.5, 0.6) is 0 Å². The third kappa shape index (κ3) is 13.3. The number of Topliss-reactive ketones (excluding diaryl/α,β-unsaturated/α-hetero) is 1. The number of carbonyl (C=O) groups excluding carboxylic acids is 5. The van der Waals surface area contributed by atoms with Crippen molar-refractivity contribution >= 4 is 29.5 Å². The van der Waals surface area contributed by atoms with Gasteiger partial charge in [0.2, 0.25) is 11.6 Å². The number of aliphatic hydroxyl groups is 1. The molecule has 0 saturated carbocycles. The first-order valence-electron chi connectivity index (χ1n) is 20.4. The molecule has 1 heterocycles. The molecule has 13 nitrogen and oxygen atoms in total. The normalized spacial score (nSPS) is 25.7. The molecule has 0 spiro atoms. The summed E-state index contributed by atoms with van der Waals surface area (Å²) >= 11 is 0. The van der Waals surface area contributed by atoms with E-state index in [0.29, 0.717) is 17.7 Å². The van der Waals surface area contributed by atoms with Crippen LogP contribution in [0.15, 0.2) is 113 Å². The van der Waals surface area contributed by atoms with Crippen molar-refractivity contribution in [3.8, 4) is 0 Å². The summed E-state index contributed by atoms with van der Waals surface area (Å²) in [6, 6.07) is 17.4. The number of nitrogens with zero attached hydrogens (tertiary/aromatic N) is 1. The van der Waals surface area contributed by atoms with Gasteiger partial charge in [-0.15, -0.1) is 0 Å². The fraction of sp³-hybridized carbons (Fsp3) is 0.426. The maximum atomic E-state index is 14.2. The highest BCUT2D eigenvalue weighted by Gasteiger charge is 2.34. The van der Waals surface area contributed by atoms with Crippen molar-refractivity contribution < 1.29 is 43.3 Å². The summed E-state index contributed by atoms with van der Waals surface area (Å²) in [6.45, 7) is 11.4. The zero-order valence-corrected chi connectivity index (χ0v) is 35.7. The fourth-order valence-electron chi connectivity index (χ4n) is 7.36. The van der Waals surface area contributed by atoms with E-state index in [1.807, 2.05) is 37.3 Å². The van der Waals surface area contributed by atoms with Crippen LogP contribution in [-0.2, 0) is 41.7 Å². The Morgan fingerprint density at radius 2 is 1.63 bits per heavy atom. The van der Waals surface area contributed by atoms with Gasteiger partial charge in [-0.05, 0) is 74.4 Å². The second-order valence-electron chi connectivity index (χ2n) is 15.6. The third-order valence-corrected chi connectivity index (χ3v) is 10.7. The van der Waals surface area contributed by atoms with Crippen LogP contribution >= 0.6 is 0 Å². The lowest BCUT2D eigenvalue weighted by atomic mass is 9.85. The molecule has 1 aliphatic heterocycles. The number of nitrogens with one attached hydrogen (secondary N) is 2. The average Bonchev–Trinajstić information content (AvgIpc) is 3.22. The minimum atomic E-state index is -1.04. The van der Waals surface area contributed by atoms with Gasteiger partial charge in [0, 0.05) is 56.0 Å². The molecule has 2 aromatic rings. The van der Waals surface area contributed by atoms with E-state index in [4.69, 9.17) is 19.9 Å². The first kappa shape index (κ1) is 47.2. The Kier molecular flexibility index (Phi) is 17.9. The second kappa shape index (κ2) is 22.8. The van der Waals surface area contributed by atoms with Crippen molar-refractivity contribution in [3.63, 3.8) is 0 Å². The van der Waals surface area contributed by atoms with E-state index in [-0.39, 0.29) is 41.3 Å². The molecular weight excluding hydrogens is 765 g/mol. The van der Waals surface area contributed by atoms with Gasteiger partial charge in [0.25, 0.3) is 11.8 Å². The first-order chi connectivity index (χ1) is 28.6. The highest BCUT2D eigenvalue weighted by atomic mass is 16.6. The Morgan fingerprint density at radius 3 is 2.25 bits per heavy atom. The lowest BCUT2D eigenvalue weighted by molar-refractivity contribution is -0.120. The van der Waals surface area contributed by atoms with Gasteiger partial charge in [0.1, 0.15) is 6.10 Å². The molecule has 0 unspecified atom stereocenters. The standard InChI is InChI=1S/C47H60N4O9/c1-8-9-22-51(27-33-15-11-10-12-16-33)28-34-18-20-35(21-19-34)46(56)50-41-36-23-29(2)24-40(59-7)42(53)31(4)25-32(5)44(60-47(48)57)39(58-6)17-13-14-30(3)45(55)49-37(43(36)54)26-38(41)52/h10-21,25-26,29,31,39-40,42,44,53H,8-9,22-24,27-28H2,1-7H3,(H2,48,57)(H,49,55)(H,50,56)/b17-13-,30-14+,32-25+/t29-,31+,39+,40+,42-,44+/m1/s1. The van der Waals surface area contributed by atoms with Crippen LogP contribution in [0.4, 0.5) is 4.79 Å². The predicted molar refractivity (Wildman–Crippen MR) is 229 cm³/mol. The molecule has 2 bridgehead atoms. The van der Waals surface area contributed by atoms with Gasteiger partial charge in [0.15, 0.2) is 6.10 Å². The number of ketones is 2. The quantitative estimate of drug-likeness (QED) is 0.146.